The predicted octanol–water partition coefficient (Wildman–Crippen LogP) is 4.86. The third kappa shape index (κ3) is 3.81. The molecule has 1 fully saturated rings. The van der Waals surface area contributed by atoms with Gasteiger partial charge < -0.3 is 0 Å². The van der Waals surface area contributed by atoms with Crippen LogP contribution in [0.3, 0.4) is 0 Å². The predicted molar refractivity (Wildman–Crippen MR) is 64.8 cm³/mol. The summed E-state index contributed by atoms with van der Waals surface area (Å²) in [5.41, 5.74) is 0. The minimum Gasteiger partial charge on any atom is -0.123 e. The van der Waals surface area contributed by atoms with Crippen molar-refractivity contribution in [2.45, 2.75) is 64.7 Å². The van der Waals surface area contributed by atoms with E-state index in [4.69, 9.17) is 11.6 Å². The van der Waals surface area contributed by atoms with Gasteiger partial charge in [-0.2, -0.15) is 0 Å². The Labute approximate surface area is 94.4 Å². The van der Waals surface area contributed by atoms with Gasteiger partial charge in [0.25, 0.3) is 0 Å². The van der Waals surface area contributed by atoms with Crippen LogP contribution in [0.1, 0.15) is 59.3 Å². The van der Waals surface area contributed by atoms with E-state index in [-0.39, 0.29) is 0 Å². The van der Waals surface area contributed by atoms with Gasteiger partial charge in [0.1, 0.15) is 0 Å². The molecule has 3 unspecified atom stereocenters. The van der Waals surface area contributed by atoms with E-state index >= 15 is 0 Å². The molecule has 1 aliphatic rings. The summed E-state index contributed by atoms with van der Waals surface area (Å²) in [5, 5.41) is 0.463. The fraction of sp³-hybridized carbons (Fsp3) is 1.00. The van der Waals surface area contributed by atoms with Gasteiger partial charge in [-0.05, 0) is 43.4 Å². The Morgan fingerprint density at radius 3 is 2.57 bits per heavy atom. The summed E-state index contributed by atoms with van der Waals surface area (Å²) in [6, 6.07) is 0. The number of alkyl halides is 1. The van der Waals surface area contributed by atoms with Crippen molar-refractivity contribution in [1.82, 2.24) is 0 Å². The molecule has 14 heavy (non-hydrogen) atoms. The van der Waals surface area contributed by atoms with E-state index in [2.05, 4.69) is 20.8 Å². The van der Waals surface area contributed by atoms with Gasteiger partial charge in [-0.1, -0.05) is 33.6 Å². The van der Waals surface area contributed by atoms with Crippen molar-refractivity contribution in [3.63, 3.8) is 0 Å². The van der Waals surface area contributed by atoms with Crippen LogP contribution in [0, 0.1) is 17.8 Å². The van der Waals surface area contributed by atoms with Crippen molar-refractivity contribution in [2.24, 2.45) is 17.8 Å². The van der Waals surface area contributed by atoms with E-state index < -0.39 is 0 Å². The Morgan fingerprint density at radius 2 is 2.00 bits per heavy atom. The summed E-state index contributed by atoms with van der Waals surface area (Å²) in [6.07, 6.45) is 8.10. The van der Waals surface area contributed by atoms with Crippen LogP contribution in [0.15, 0.2) is 0 Å². The van der Waals surface area contributed by atoms with Crippen molar-refractivity contribution >= 4 is 11.6 Å². The lowest BCUT2D eigenvalue weighted by Gasteiger charge is -2.34. The summed E-state index contributed by atoms with van der Waals surface area (Å²) < 4.78 is 0. The van der Waals surface area contributed by atoms with Gasteiger partial charge in [0.15, 0.2) is 0 Å². The third-order valence-electron chi connectivity index (χ3n) is 3.47. The quantitative estimate of drug-likeness (QED) is 0.589. The zero-order valence-electron chi connectivity index (χ0n) is 9.93. The van der Waals surface area contributed by atoms with E-state index in [1.54, 1.807) is 0 Å². The molecule has 84 valence electrons. The van der Waals surface area contributed by atoms with Gasteiger partial charge in [0.05, 0.1) is 0 Å². The number of hydrogen-bond acceptors (Lipinski definition) is 0. The lowest BCUT2D eigenvalue weighted by atomic mass is 9.76. The molecule has 0 aliphatic heterocycles. The highest BCUT2D eigenvalue weighted by atomic mass is 35.5. The van der Waals surface area contributed by atoms with E-state index in [0.29, 0.717) is 5.38 Å². The molecule has 0 bridgehead atoms. The second kappa shape index (κ2) is 6.00. The van der Waals surface area contributed by atoms with Gasteiger partial charge >= 0.3 is 0 Å². The Morgan fingerprint density at radius 1 is 1.29 bits per heavy atom. The van der Waals surface area contributed by atoms with Crippen molar-refractivity contribution in [1.29, 1.82) is 0 Å². The fourth-order valence-electron chi connectivity index (χ4n) is 2.84. The molecule has 0 heterocycles. The lowest BCUT2D eigenvalue weighted by molar-refractivity contribution is 0.231. The summed E-state index contributed by atoms with van der Waals surface area (Å²) in [5.74, 6) is 2.57. The number of halogens is 1. The maximum atomic E-state index is 6.39. The first kappa shape index (κ1) is 12.4. The van der Waals surface area contributed by atoms with Gasteiger partial charge in [0.2, 0.25) is 0 Å². The summed E-state index contributed by atoms with van der Waals surface area (Å²) in [4.78, 5) is 0. The van der Waals surface area contributed by atoms with E-state index in [1.165, 1.54) is 38.5 Å². The molecule has 0 aromatic carbocycles. The van der Waals surface area contributed by atoms with Crippen molar-refractivity contribution in [3.05, 3.63) is 0 Å². The molecule has 1 heteroatoms. The van der Waals surface area contributed by atoms with Crippen LogP contribution in [0.4, 0.5) is 0 Å². The SMILES string of the molecule is CCCC1CCC(Cl)C(CC(C)C)C1. The maximum Gasteiger partial charge on any atom is 0.0364 e. The van der Waals surface area contributed by atoms with Crippen LogP contribution in [0.2, 0.25) is 0 Å². The third-order valence-corrected chi connectivity index (χ3v) is 4.04. The number of rotatable bonds is 4. The Hall–Kier alpha value is 0.290. The zero-order chi connectivity index (χ0) is 10.6. The first-order chi connectivity index (χ1) is 6.63. The second-order valence-corrected chi connectivity index (χ2v) is 5.93. The van der Waals surface area contributed by atoms with Crippen molar-refractivity contribution in [3.8, 4) is 0 Å². The smallest absolute Gasteiger partial charge is 0.0364 e. The van der Waals surface area contributed by atoms with Crippen LogP contribution in [0.25, 0.3) is 0 Å². The van der Waals surface area contributed by atoms with Crippen LogP contribution in [-0.4, -0.2) is 5.38 Å². The van der Waals surface area contributed by atoms with Crippen molar-refractivity contribution in [2.75, 3.05) is 0 Å². The molecule has 0 amide bonds. The van der Waals surface area contributed by atoms with Gasteiger partial charge in [-0.25, -0.2) is 0 Å². The highest BCUT2D eigenvalue weighted by molar-refractivity contribution is 6.20. The molecule has 1 aliphatic carbocycles. The average Bonchev–Trinajstić information content (AvgIpc) is 2.10. The van der Waals surface area contributed by atoms with Crippen LogP contribution in [0.5, 0.6) is 0 Å². The van der Waals surface area contributed by atoms with E-state index in [9.17, 15) is 0 Å². The molecular weight excluding hydrogens is 192 g/mol. The molecule has 0 aromatic rings. The average molecular weight is 217 g/mol. The normalized spacial score (nSPS) is 33.6. The first-order valence-corrected chi connectivity index (χ1v) is 6.71. The van der Waals surface area contributed by atoms with Gasteiger partial charge in [0, 0.05) is 5.38 Å². The Bertz CT molecular complexity index is 153. The van der Waals surface area contributed by atoms with Crippen molar-refractivity contribution < 1.29 is 0 Å². The fourth-order valence-corrected chi connectivity index (χ4v) is 3.18. The lowest BCUT2D eigenvalue weighted by Crippen LogP contribution is -2.26. The summed E-state index contributed by atoms with van der Waals surface area (Å²) >= 11 is 6.39. The monoisotopic (exact) mass is 216 g/mol. The van der Waals surface area contributed by atoms with E-state index in [0.717, 1.165) is 17.8 Å². The molecule has 0 N–H and O–H groups in total. The molecule has 0 nitrogen and oxygen atoms in total. The maximum absolute atomic E-state index is 6.39. The van der Waals surface area contributed by atoms with Crippen LogP contribution in [-0.2, 0) is 0 Å². The Kier molecular flexibility index (Phi) is 5.30. The second-order valence-electron chi connectivity index (χ2n) is 5.37. The van der Waals surface area contributed by atoms with Crippen LogP contribution >= 0.6 is 11.6 Å². The Balaban J connectivity index is 2.38. The highest BCUT2D eigenvalue weighted by Gasteiger charge is 2.28. The van der Waals surface area contributed by atoms with Gasteiger partial charge in [-0.15, -0.1) is 11.6 Å². The molecule has 0 spiro atoms. The molecule has 0 aromatic heterocycles. The first-order valence-electron chi connectivity index (χ1n) is 6.27. The van der Waals surface area contributed by atoms with Crippen LogP contribution < -0.4 is 0 Å². The van der Waals surface area contributed by atoms with E-state index in [1.807, 2.05) is 0 Å². The standard InChI is InChI=1S/C13H25Cl/c1-4-5-11-6-7-13(14)12(9-11)8-10(2)3/h10-13H,4-9H2,1-3H3. The highest BCUT2D eigenvalue weighted by Crippen LogP contribution is 2.38. The minimum atomic E-state index is 0.463. The minimum absolute atomic E-state index is 0.463. The summed E-state index contributed by atoms with van der Waals surface area (Å²) in [6.45, 7) is 6.92. The largest absolute Gasteiger partial charge is 0.123 e. The molecule has 0 radical (unpaired) electrons. The molecular formula is C13H25Cl. The summed E-state index contributed by atoms with van der Waals surface area (Å²) in [7, 11) is 0. The molecule has 0 saturated heterocycles. The molecule has 3 atom stereocenters. The molecule has 1 saturated carbocycles. The topological polar surface area (TPSA) is 0 Å². The number of hydrogen-bond donors (Lipinski definition) is 0. The zero-order valence-corrected chi connectivity index (χ0v) is 10.7. The molecule has 1 rings (SSSR count). The van der Waals surface area contributed by atoms with Gasteiger partial charge in [-0.3, -0.25) is 0 Å².